The standard InChI is InChI=1S/C19H35N5O6/c1-2-20-15(25)7-3-11-21-16(26)8-4-12-22-17(27)9-5-13-23-18(28)10-6-14-24-19(29)30/h24H,2-14H2,1H3,(H,20,25)(H,21,26)(H,22,27)(H,23,28)(H,29,30). The molecule has 0 saturated heterocycles. The molecule has 0 heterocycles. The number of rotatable bonds is 17. The maximum atomic E-state index is 11.7. The van der Waals surface area contributed by atoms with E-state index in [2.05, 4.69) is 26.6 Å². The van der Waals surface area contributed by atoms with Gasteiger partial charge in [0.25, 0.3) is 0 Å². The van der Waals surface area contributed by atoms with E-state index in [0.29, 0.717) is 64.7 Å². The number of carbonyl (C=O) groups excluding carboxylic acids is 4. The Morgan fingerprint density at radius 1 is 0.533 bits per heavy atom. The third kappa shape index (κ3) is 18.5. The van der Waals surface area contributed by atoms with E-state index in [1.54, 1.807) is 0 Å². The van der Waals surface area contributed by atoms with Gasteiger partial charge in [-0.2, -0.15) is 0 Å². The van der Waals surface area contributed by atoms with E-state index in [1.807, 2.05) is 6.92 Å². The van der Waals surface area contributed by atoms with Crippen LogP contribution in [0.3, 0.4) is 0 Å². The molecule has 0 aliphatic carbocycles. The van der Waals surface area contributed by atoms with Crippen molar-refractivity contribution in [3.63, 3.8) is 0 Å². The molecular formula is C19H35N5O6. The van der Waals surface area contributed by atoms with Crippen LogP contribution in [0.2, 0.25) is 0 Å². The molecule has 0 rings (SSSR count). The molecule has 0 bridgehead atoms. The monoisotopic (exact) mass is 429 g/mol. The van der Waals surface area contributed by atoms with Crippen LogP contribution in [-0.2, 0) is 19.2 Å². The summed E-state index contributed by atoms with van der Waals surface area (Å²) in [5, 5.41) is 21.4. The summed E-state index contributed by atoms with van der Waals surface area (Å²) in [6.45, 7) is 3.89. The average Bonchev–Trinajstić information content (AvgIpc) is 2.69. The molecular weight excluding hydrogens is 394 g/mol. The molecule has 30 heavy (non-hydrogen) atoms. The smallest absolute Gasteiger partial charge is 0.404 e. The zero-order valence-corrected chi connectivity index (χ0v) is 17.7. The second kappa shape index (κ2) is 18.2. The van der Waals surface area contributed by atoms with Crippen LogP contribution in [0.4, 0.5) is 4.79 Å². The molecule has 0 spiro atoms. The van der Waals surface area contributed by atoms with Crippen molar-refractivity contribution in [3.05, 3.63) is 0 Å². The largest absolute Gasteiger partial charge is 0.465 e. The molecule has 11 heteroatoms. The summed E-state index contributed by atoms with van der Waals surface area (Å²) in [5.74, 6) is -0.458. The van der Waals surface area contributed by atoms with Gasteiger partial charge in [-0.1, -0.05) is 0 Å². The minimum absolute atomic E-state index is 0.0259. The summed E-state index contributed by atoms with van der Waals surface area (Å²) in [5.41, 5.74) is 0. The number of hydrogen-bond donors (Lipinski definition) is 6. The Kier molecular flexibility index (Phi) is 16.5. The van der Waals surface area contributed by atoms with E-state index in [9.17, 15) is 24.0 Å². The minimum atomic E-state index is -1.12. The predicted molar refractivity (Wildman–Crippen MR) is 111 cm³/mol. The Labute approximate surface area is 177 Å². The lowest BCUT2D eigenvalue weighted by Crippen LogP contribution is -2.30. The Morgan fingerprint density at radius 3 is 1.13 bits per heavy atom. The van der Waals surface area contributed by atoms with Crippen LogP contribution in [0.25, 0.3) is 0 Å². The number of carbonyl (C=O) groups is 5. The first-order chi connectivity index (χ1) is 14.3. The van der Waals surface area contributed by atoms with Gasteiger partial charge in [-0.3, -0.25) is 19.2 Å². The molecule has 0 aromatic rings. The summed E-state index contributed by atoms with van der Waals surface area (Å²) < 4.78 is 0. The lowest BCUT2D eigenvalue weighted by Gasteiger charge is -2.07. The van der Waals surface area contributed by atoms with E-state index in [1.165, 1.54) is 0 Å². The Hall–Kier alpha value is -2.85. The van der Waals surface area contributed by atoms with E-state index in [4.69, 9.17) is 5.11 Å². The van der Waals surface area contributed by atoms with Crippen molar-refractivity contribution >= 4 is 29.7 Å². The molecule has 11 nitrogen and oxygen atoms in total. The molecule has 0 atom stereocenters. The molecule has 0 aliphatic heterocycles. The summed E-state index contributed by atoms with van der Waals surface area (Å²) in [4.78, 5) is 56.4. The zero-order chi connectivity index (χ0) is 22.6. The first-order valence-electron chi connectivity index (χ1n) is 10.4. The van der Waals surface area contributed by atoms with Crippen LogP contribution in [0.1, 0.15) is 58.3 Å². The molecule has 0 aromatic heterocycles. The molecule has 0 fully saturated rings. The second-order valence-electron chi connectivity index (χ2n) is 6.65. The van der Waals surface area contributed by atoms with Gasteiger partial charge in [-0.15, -0.1) is 0 Å². The van der Waals surface area contributed by atoms with Gasteiger partial charge in [0.2, 0.25) is 23.6 Å². The molecule has 0 aromatic carbocycles. The van der Waals surface area contributed by atoms with Crippen LogP contribution in [-0.4, -0.2) is 67.6 Å². The van der Waals surface area contributed by atoms with Gasteiger partial charge in [-0.25, -0.2) is 4.79 Å². The molecule has 0 saturated carbocycles. The highest BCUT2D eigenvalue weighted by molar-refractivity contribution is 5.78. The topological polar surface area (TPSA) is 166 Å². The van der Waals surface area contributed by atoms with Crippen molar-refractivity contribution in [3.8, 4) is 0 Å². The predicted octanol–water partition coefficient (Wildman–Crippen LogP) is -0.140. The van der Waals surface area contributed by atoms with Crippen molar-refractivity contribution in [2.24, 2.45) is 0 Å². The Bertz CT molecular complexity index is 556. The summed E-state index contributed by atoms with van der Waals surface area (Å²) in [6, 6.07) is 0. The van der Waals surface area contributed by atoms with Gasteiger partial charge in [0.05, 0.1) is 0 Å². The fourth-order valence-corrected chi connectivity index (χ4v) is 2.43. The summed E-state index contributed by atoms with van der Waals surface area (Å²) >= 11 is 0. The van der Waals surface area contributed by atoms with Crippen LogP contribution in [0.5, 0.6) is 0 Å². The van der Waals surface area contributed by atoms with E-state index in [-0.39, 0.29) is 43.0 Å². The van der Waals surface area contributed by atoms with Crippen molar-refractivity contribution in [1.82, 2.24) is 26.6 Å². The number of nitrogens with one attached hydrogen (secondary N) is 5. The second-order valence-corrected chi connectivity index (χ2v) is 6.65. The van der Waals surface area contributed by atoms with Crippen LogP contribution >= 0.6 is 0 Å². The van der Waals surface area contributed by atoms with Crippen molar-refractivity contribution < 1.29 is 29.1 Å². The Balaban J connectivity index is 3.52. The van der Waals surface area contributed by atoms with E-state index >= 15 is 0 Å². The molecule has 0 radical (unpaired) electrons. The van der Waals surface area contributed by atoms with Gasteiger partial charge in [0.15, 0.2) is 0 Å². The normalized spacial score (nSPS) is 10.0. The molecule has 0 aliphatic rings. The maximum absolute atomic E-state index is 11.7. The number of amides is 5. The quantitative estimate of drug-likeness (QED) is 0.176. The first-order valence-corrected chi connectivity index (χ1v) is 10.4. The van der Waals surface area contributed by atoms with E-state index in [0.717, 1.165) is 0 Å². The van der Waals surface area contributed by atoms with Crippen LogP contribution < -0.4 is 26.6 Å². The van der Waals surface area contributed by atoms with Gasteiger partial charge in [-0.05, 0) is 32.6 Å². The maximum Gasteiger partial charge on any atom is 0.404 e. The fraction of sp³-hybridized carbons (Fsp3) is 0.737. The van der Waals surface area contributed by atoms with Gasteiger partial charge in [0.1, 0.15) is 0 Å². The third-order valence-electron chi connectivity index (χ3n) is 3.94. The highest BCUT2D eigenvalue weighted by Crippen LogP contribution is 1.93. The molecule has 0 unspecified atom stereocenters. The lowest BCUT2D eigenvalue weighted by molar-refractivity contribution is -0.123. The molecule has 172 valence electrons. The summed E-state index contributed by atoms with van der Waals surface area (Å²) in [6.07, 6.45) is 2.08. The van der Waals surface area contributed by atoms with Crippen LogP contribution in [0.15, 0.2) is 0 Å². The third-order valence-corrected chi connectivity index (χ3v) is 3.94. The minimum Gasteiger partial charge on any atom is -0.465 e. The molecule has 6 N–H and O–H groups in total. The highest BCUT2D eigenvalue weighted by atomic mass is 16.4. The SMILES string of the molecule is CCNC(=O)CCCNC(=O)CCCNC(=O)CCCNC(=O)CCCNC(=O)O. The lowest BCUT2D eigenvalue weighted by atomic mass is 10.2. The average molecular weight is 430 g/mol. The van der Waals surface area contributed by atoms with Gasteiger partial charge in [0, 0.05) is 58.4 Å². The Morgan fingerprint density at radius 2 is 0.833 bits per heavy atom. The zero-order valence-electron chi connectivity index (χ0n) is 17.7. The number of carboxylic acid groups (broad SMARTS) is 1. The van der Waals surface area contributed by atoms with Crippen molar-refractivity contribution in [2.45, 2.75) is 58.3 Å². The fourth-order valence-electron chi connectivity index (χ4n) is 2.43. The molecule has 5 amide bonds. The van der Waals surface area contributed by atoms with Crippen molar-refractivity contribution in [1.29, 1.82) is 0 Å². The first kappa shape index (κ1) is 27.1. The van der Waals surface area contributed by atoms with Crippen LogP contribution in [0, 0.1) is 0 Å². The van der Waals surface area contributed by atoms with Gasteiger partial charge >= 0.3 is 6.09 Å². The number of hydrogen-bond acceptors (Lipinski definition) is 5. The van der Waals surface area contributed by atoms with E-state index < -0.39 is 6.09 Å². The summed E-state index contributed by atoms with van der Waals surface area (Å²) in [7, 11) is 0. The van der Waals surface area contributed by atoms with Crippen molar-refractivity contribution in [2.75, 3.05) is 32.7 Å². The van der Waals surface area contributed by atoms with Gasteiger partial charge < -0.3 is 31.7 Å². The highest BCUT2D eigenvalue weighted by Gasteiger charge is 2.05.